The van der Waals surface area contributed by atoms with Gasteiger partial charge in [0.2, 0.25) is 0 Å². The summed E-state index contributed by atoms with van der Waals surface area (Å²) in [7, 11) is 1.78. The first-order valence-electron chi connectivity index (χ1n) is 5.09. The minimum absolute atomic E-state index is 0.148. The summed E-state index contributed by atoms with van der Waals surface area (Å²) in [5.41, 5.74) is 0.842. The molecule has 0 saturated carbocycles. The zero-order valence-electron chi connectivity index (χ0n) is 9.64. The van der Waals surface area contributed by atoms with Crippen molar-refractivity contribution >= 4 is 27.6 Å². The van der Waals surface area contributed by atoms with Crippen LogP contribution in [-0.2, 0) is 0 Å². The first-order chi connectivity index (χ1) is 7.95. The molecule has 0 aliphatic rings. The second-order valence-corrected chi connectivity index (χ2v) is 4.79. The summed E-state index contributed by atoms with van der Waals surface area (Å²) < 4.78 is 0.723. The summed E-state index contributed by atoms with van der Waals surface area (Å²) in [6.07, 6.45) is 0. The molecule has 0 aliphatic heterocycles. The number of halogens is 1. The number of rotatable bonds is 4. The molecule has 0 fully saturated rings. The number of benzene rings is 1. The maximum absolute atomic E-state index is 11.1. The Hall–Kier alpha value is -1.54. The van der Waals surface area contributed by atoms with Crippen LogP contribution in [0.15, 0.2) is 22.7 Å². The van der Waals surface area contributed by atoms with E-state index in [2.05, 4.69) is 22.0 Å². The molecule has 0 saturated heterocycles. The lowest BCUT2D eigenvalue weighted by molar-refractivity contribution is 0.0697. The maximum atomic E-state index is 11.1. The molecule has 0 aromatic heterocycles. The third kappa shape index (κ3) is 3.46. The lowest BCUT2D eigenvalue weighted by atomic mass is 10.1. The van der Waals surface area contributed by atoms with Crippen LogP contribution in [0.4, 0.5) is 5.69 Å². The predicted octanol–water partition coefficient (Wildman–Crippen LogP) is 2.74. The van der Waals surface area contributed by atoms with Gasteiger partial charge in [-0.1, -0.05) is 15.9 Å². The van der Waals surface area contributed by atoms with E-state index in [0.29, 0.717) is 12.2 Å². The molecule has 1 rings (SSSR count). The maximum Gasteiger partial charge on any atom is 0.337 e. The molecule has 1 unspecified atom stereocenters. The summed E-state index contributed by atoms with van der Waals surface area (Å²) in [6.45, 7) is 2.30. The lowest BCUT2D eigenvalue weighted by Crippen LogP contribution is -2.25. The molecule has 0 bridgehead atoms. The Morgan fingerprint density at radius 3 is 2.82 bits per heavy atom. The fourth-order valence-electron chi connectivity index (χ4n) is 1.56. The number of nitrogens with zero attached hydrogens (tertiary/aromatic N) is 2. The van der Waals surface area contributed by atoms with Crippen molar-refractivity contribution in [2.75, 3.05) is 18.5 Å². The third-order valence-corrected chi connectivity index (χ3v) is 2.86. The molecular formula is C12H13BrN2O2. The van der Waals surface area contributed by atoms with Gasteiger partial charge < -0.3 is 10.0 Å². The Labute approximate surface area is 109 Å². The zero-order chi connectivity index (χ0) is 13.0. The fourth-order valence-corrected chi connectivity index (χ4v) is 1.92. The van der Waals surface area contributed by atoms with Gasteiger partial charge in [0.15, 0.2) is 0 Å². The summed E-state index contributed by atoms with van der Waals surface area (Å²) in [5.74, 6) is -1.12. The molecule has 0 spiro atoms. The van der Waals surface area contributed by atoms with Crippen molar-refractivity contribution in [3.8, 4) is 6.07 Å². The third-order valence-electron chi connectivity index (χ3n) is 2.37. The van der Waals surface area contributed by atoms with Crippen molar-refractivity contribution < 1.29 is 9.90 Å². The molecule has 90 valence electrons. The van der Waals surface area contributed by atoms with Crippen molar-refractivity contribution in [3.63, 3.8) is 0 Å². The summed E-state index contributed by atoms with van der Waals surface area (Å²) in [5, 5.41) is 17.9. The van der Waals surface area contributed by atoms with E-state index in [1.165, 1.54) is 0 Å². The average molecular weight is 297 g/mol. The quantitative estimate of drug-likeness (QED) is 0.928. The first kappa shape index (κ1) is 13.5. The van der Waals surface area contributed by atoms with E-state index in [-0.39, 0.29) is 11.5 Å². The summed E-state index contributed by atoms with van der Waals surface area (Å²) >= 11 is 3.24. The SMILES string of the molecule is CC(C#N)CN(C)c1ccc(Br)cc1C(=O)O. The molecule has 5 heteroatoms. The van der Waals surface area contributed by atoms with Gasteiger partial charge in [-0.25, -0.2) is 4.79 Å². The van der Waals surface area contributed by atoms with E-state index in [1.807, 2.05) is 0 Å². The fraction of sp³-hybridized carbons (Fsp3) is 0.333. The monoisotopic (exact) mass is 296 g/mol. The Kier molecular flexibility index (Phi) is 4.53. The molecule has 0 amide bonds. The van der Waals surface area contributed by atoms with E-state index >= 15 is 0 Å². The molecule has 4 nitrogen and oxygen atoms in total. The number of anilines is 1. The van der Waals surface area contributed by atoms with Crippen molar-refractivity contribution in [2.24, 2.45) is 5.92 Å². The molecule has 17 heavy (non-hydrogen) atoms. The summed E-state index contributed by atoms with van der Waals surface area (Å²) in [4.78, 5) is 12.9. The molecule has 0 aliphatic carbocycles. The van der Waals surface area contributed by atoms with Crippen molar-refractivity contribution in [3.05, 3.63) is 28.2 Å². The van der Waals surface area contributed by atoms with Gasteiger partial charge in [0.1, 0.15) is 0 Å². The molecule has 1 N–H and O–H groups in total. The van der Waals surface area contributed by atoms with Crippen LogP contribution in [0, 0.1) is 17.2 Å². The average Bonchev–Trinajstić information content (AvgIpc) is 2.28. The van der Waals surface area contributed by atoms with Gasteiger partial charge in [-0.2, -0.15) is 5.26 Å². The standard InChI is InChI=1S/C12H13BrN2O2/c1-8(6-14)7-15(2)11-4-3-9(13)5-10(11)12(16)17/h3-5,8H,7H2,1-2H3,(H,16,17). The van der Waals surface area contributed by atoms with Gasteiger partial charge in [0, 0.05) is 18.1 Å². The molecule has 0 radical (unpaired) electrons. The van der Waals surface area contributed by atoms with Crippen molar-refractivity contribution in [2.45, 2.75) is 6.92 Å². The Morgan fingerprint density at radius 1 is 1.65 bits per heavy atom. The van der Waals surface area contributed by atoms with E-state index < -0.39 is 5.97 Å². The van der Waals surface area contributed by atoms with Crippen LogP contribution in [0.1, 0.15) is 17.3 Å². The van der Waals surface area contributed by atoms with Crippen LogP contribution >= 0.6 is 15.9 Å². The normalized spacial score (nSPS) is 11.6. The lowest BCUT2D eigenvalue weighted by Gasteiger charge is -2.22. The Morgan fingerprint density at radius 2 is 2.29 bits per heavy atom. The second-order valence-electron chi connectivity index (χ2n) is 3.88. The number of carbonyl (C=O) groups is 1. The van der Waals surface area contributed by atoms with E-state index in [0.717, 1.165) is 4.47 Å². The van der Waals surface area contributed by atoms with E-state index in [1.54, 1.807) is 37.1 Å². The Balaban J connectivity index is 3.05. The number of hydrogen-bond donors (Lipinski definition) is 1. The smallest absolute Gasteiger partial charge is 0.337 e. The van der Waals surface area contributed by atoms with Crippen LogP contribution < -0.4 is 4.90 Å². The van der Waals surface area contributed by atoms with Crippen LogP contribution in [0.5, 0.6) is 0 Å². The van der Waals surface area contributed by atoms with Gasteiger partial charge in [0.25, 0.3) is 0 Å². The molecular weight excluding hydrogens is 284 g/mol. The van der Waals surface area contributed by atoms with Gasteiger partial charge in [-0.05, 0) is 25.1 Å². The van der Waals surface area contributed by atoms with Gasteiger partial charge in [-0.3, -0.25) is 0 Å². The van der Waals surface area contributed by atoms with Crippen molar-refractivity contribution in [1.29, 1.82) is 5.26 Å². The zero-order valence-corrected chi connectivity index (χ0v) is 11.2. The minimum Gasteiger partial charge on any atom is -0.478 e. The number of aromatic carboxylic acids is 1. The van der Waals surface area contributed by atoms with Gasteiger partial charge in [-0.15, -0.1) is 0 Å². The van der Waals surface area contributed by atoms with Crippen LogP contribution in [0.3, 0.4) is 0 Å². The molecule has 0 heterocycles. The van der Waals surface area contributed by atoms with Gasteiger partial charge >= 0.3 is 5.97 Å². The molecule has 1 aromatic carbocycles. The summed E-state index contributed by atoms with van der Waals surface area (Å²) in [6, 6.07) is 7.21. The second kappa shape index (κ2) is 5.69. The Bertz CT molecular complexity index is 468. The van der Waals surface area contributed by atoms with Crippen LogP contribution in [0.2, 0.25) is 0 Å². The molecule has 1 atom stereocenters. The topological polar surface area (TPSA) is 64.3 Å². The molecule has 1 aromatic rings. The first-order valence-corrected chi connectivity index (χ1v) is 5.88. The highest BCUT2D eigenvalue weighted by molar-refractivity contribution is 9.10. The van der Waals surface area contributed by atoms with E-state index in [4.69, 9.17) is 10.4 Å². The number of carboxylic acids is 1. The minimum atomic E-state index is -0.974. The van der Waals surface area contributed by atoms with Crippen LogP contribution in [0.25, 0.3) is 0 Å². The highest BCUT2D eigenvalue weighted by atomic mass is 79.9. The highest BCUT2D eigenvalue weighted by Gasteiger charge is 2.15. The largest absolute Gasteiger partial charge is 0.478 e. The van der Waals surface area contributed by atoms with Crippen molar-refractivity contribution in [1.82, 2.24) is 0 Å². The predicted molar refractivity (Wildman–Crippen MR) is 69.1 cm³/mol. The number of carboxylic acid groups (broad SMARTS) is 1. The van der Waals surface area contributed by atoms with E-state index in [9.17, 15) is 4.79 Å². The number of nitriles is 1. The van der Waals surface area contributed by atoms with Gasteiger partial charge in [0.05, 0.1) is 23.2 Å². The number of hydrogen-bond acceptors (Lipinski definition) is 3. The van der Waals surface area contributed by atoms with Crippen LogP contribution in [-0.4, -0.2) is 24.7 Å². The highest BCUT2D eigenvalue weighted by Crippen LogP contribution is 2.24.